The highest BCUT2D eigenvalue weighted by atomic mass is 28.3. The molecule has 0 aromatic rings. The highest BCUT2D eigenvalue weighted by Crippen LogP contribution is 2.39. The van der Waals surface area contributed by atoms with Gasteiger partial charge in [0.15, 0.2) is 0 Å². The molecule has 1 rings (SSSR count). The van der Waals surface area contributed by atoms with Gasteiger partial charge in [0.05, 0.1) is 16.1 Å². The van der Waals surface area contributed by atoms with Crippen LogP contribution in [0.15, 0.2) is 21.5 Å². The largest absolute Gasteiger partial charge is 0.0777 e. The average Bonchev–Trinajstić information content (AvgIpc) is 2.26. The van der Waals surface area contributed by atoms with Crippen molar-refractivity contribution in [3.8, 4) is 0 Å². The molecule has 0 aromatic carbocycles. The molecule has 1 aliphatic carbocycles. The Balaban J connectivity index is 3.52. The first-order valence-electron chi connectivity index (χ1n) is 8.26. The van der Waals surface area contributed by atoms with E-state index in [-0.39, 0.29) is 0 Å². The molecule has 0 nitrogen and oxygen atoms in total. The molecule has 0 saturated carbocycles. The van der Waals surface area contributed by atoms with Gasteiger partial charge in [-0.1, -0.05) is 74.7 Å². The maximum absolute atomic E-state index is 2.52. The van der Waals surface area contributed by atoms with Crippen LogP contribution in [-0.4, -0.2) is 16.1 Å². The highest BCUT2D eigenvalue weighted by molar-refractivity contribution is 6.84. The van der Waals surface area contributed by atoms with Gasteiger partial charge in [-0.3, -0.25) is 0 Å². The lowest BCUT2D eigenvalue weighted by atomic mass is 9.85. The van der Waals surface area contributed by atoms with Crippen molar-refractivity contribution in [3.05, 3.63) is 21.5 Å². The molecule has 0 aliphatic heterocycles. The number of hydrogen-bond donors (Lipinski definition) is 0. The predicted molar refractivity (Wildman–Crippen MR) is 99.7 cm³/mol. The van der Waals surface area contributed by atoms with E-state index in [1.165, 1.54) is 12.8 Å². The van der Waals surface area contributed by atoms with Gasteiger partial charge in [0, 0.05) is 0 Å². The van der Waals surface area contributed by atoms with E-state index in [4.69, 9.17) is 0 Å². The predicted octanol–water partition coefficient (Wildman–Crippen LogP) is 6.44. The molecule has 0 spiro atoms. The molecule has 20 heavy (non-hydrogen) atoms. The average molecular weight is 309 g/mol. The third-order valence-corrected chi connectivity index (χ3v) is 10.1. The summed E-state index contributed by atoms with van der Waals surface area (Å²) in [6.45, 7) is 24.9. The fourth-order valence-electron chi connectivity index (χ4n) is 3.54. The second-order valence-electron chi connectivity index (χ2n) is 9.07. The Kier molecular flexibility index (Phi) is 5.35. The maximum Gasteiger partial charge on any atom is 0.0728 e. The van der Waals surface area contributed by atoms with E-state index in [0.29, 0.717) is 0 Å². The lowest BCUT2D eigenvalue weighted by molar-refractivity contribution is 0.385. The van der Waals surface area contributed by atoms with Gasteiger partial charge >= 0.3 is 0 Å². The topological polar surface area (TPSA) is 0 Å². The van der Waals surface area contributed by atoms with Crippen LogP contribution >= 0.6 is 0 Å². The minimum absolute atomic E-state index is 0.825. The first kappa shape index (κ1) is 18.0. The Morgan fingerprint density at radius 1 is 0.650 bits per heavy atom. The smallest absolute Gasteiger partial charge is 0.0728 e. The summed E-state index contributed by atoms with van der Waals surface area (Å²) in [5, 5.41) is 3.65. The van der Waals surface area contributed by atoms with Crippen molar-refractivity contribution in [1.82, 2.24) is 0 Å². The van der Waals surface area contributed by atoms with Crippen LogP contribution in [0.4, 0.5) is 0 Å². The van der Waals surface area contributed by atoms with E-state index < -0.39 is 16.1 Å². The molecule has 0 unspecified atom stereocenters. The molecule has 116 valence electrons. The molecule has 0 amide bonds. The summed E-state index contributed by atoms with van der Waals surface area (Å²) in [6, 6.07) is 0. The van der Waals surface area contributed by atoms with Crippen molar-refractivity contribution in [2.24, 2.45) is 11.8 Å². The monoisotopic (exact) mass is 308 g/mol. The zero-order valence-electron chi connectivity index (χ0n) is 15.6. The van der Waals surface area contributed by atoms with E-state index in [9.17, 15) is 0 Å². The van der Waals surface area contributed by atoms with E-state index in [2.05, 4.69) is 67.0 Å². The Morgan fingerprint density at radius 2 is 0.900 bits per heavy atom. The molecule has 0 N–H and O–H groups in total. The standard InChI is InChI=1S/C18H36Si2/c1-13-11-17(19(5,6)7)15(3)16(4)18(12-14(13)2)20(8,9)10/h13-14H,11-12H2,1-10H3/b17-15+,18-16+/t13-,14-/m0/s1. The van der Waals surface area contributed by atoms with E-state index in [1.54, 1.807) is 11.1 Å². The Morgan fingerprint density at radius 3 is 1.10 bits per heavy atom. The summed E-state index contributed by atoms with van der Waals surface area (Å²) in [7, 11) is -2.43. The van der Waals surface area contributed by atoms with Crippen molar-refractivity contribution in [1.29, 1.82) is 0 Å². The van der Waals surface area contributed by atoms with Gasteiger partial charge < -0.3 is 0 Å². The molecule has 2 heteroatoms. The third kappa shape index (κ3) is 3.97. The first-order valence-corrected chi connectivity index (χ1v) is 15.3. The molecule has 0 bridgehead atoms. The normalized spacial score (nSPS) is 33.9. The van der Waals surface area contributed by atoms with Gasteiger partial charge in [-0.25, -0.2) is 0 Å². The molecule has 0 saturated heterocycles. The third-order valence-electron chi connectivity index (χ3n) is 5.30. The van der Waals surface area contributed by atoms with Crippen LogP contribution in [-0.2, 0) is 0 Å². The van der Waals surface area contributed by atoms with Crippen molar-refractivity contribution in [2.45, 2.75) is 79.8 Å². The van der Waals surface area contributed by atoms with Crippen molar-refractivity contribution >= 4 is 16.1 Å². The summed E-state index contributed by atoms with van der Waals surface area (Å²) in [5.41, 5.74) is 3.31. The molecular weight excluding hydrogens is 272 g/mol. The van der Waals surface area contributed by atoms with E-state index in [1.807, 2.05) is 10.4 Å². The fourth-order valence-corrected chi connectivity index (χ4v) is 8.04. The van der Waals surface area contributed by atoms with Gasteiger partial charge in [-0.2, -0.15) is 0 Å². The Bertz CT molecular complexity index is 385. The number of hydrogen-bond acceptors (Lipinski definition) is 0. The molecule has 0 heterocycles. The number of rotatable bonds is 2. The van der Waals surface area contributed by atoms with Crippen molar-refractivity contribution < 1.29 is 0 Å². The van der Waals surface area contributed by atoms with Crippen LogP contribution in [0.3, 0.4) is 0 Å². The first-order chi connectivity index (χ1) is 8.85. The van der Waals surface area contributed by atoms with Gasteiger partial charge in [-0.05, 0) is 38.5 Å². The minimum atomic E-state index is -1.22. The zero-order valence-corrected chi connectivity index (χ0v) is 17.6. The van der Waals surface area contributed by atoms with Crippen LogP contribution in [0.2, 0.25) is 39.3 Å². The second-order valence-corrected chi connectivity index (χ2v) is 19.3. The van der Waals surface area contributed by atoms with E-state index >= 15 is 0 Å². The molecule has 0 aromatic heterocycles. The van der Waals surface area contributed by atoms with Crippen LogP contribution in [0.1, 0.15) is 40.5 Å². The van der Waals surface area contributed by atoms with Crippen LogP contribution in [0, 0.1) is 11.8 Å². The molecular formula is C18H36Si2. The SMILES string of the molecule is CC1=C(\[Si](C)(C)C)C[C@H](C)[C@@H](C)C/C([Si](C)(C)C)=C\1C. The zero-order chi connectivity index (χ0) is 15.9. The van der Waals surface area contributed by atoms with Crippen LogP contribution < -0.4 is 0 Å². The minimum Gasteiger partial charge on any atom is -0.0777 e. The van der Waals surface area contributed by atoms with Gasteiger partial charge in [-0.15, -0.1) is 0 Å². The van der Waals surface area contributed by atoms with Gasteiger partial charge in [0.25, 0.3) is 0 Å². The molecule has 2 atom stereocenters. The quantitative estimate of drug-likeness (QED) is 0.515. The molecule has 0 radical (unpaired) electrons. The van der Waals surface area contributed by atoms with Crippen LogP contribution in [0.25, 0.3) is 0 Å². The summed E-state index contributed by atoms with van der Waals surface area (Å²) < 4.78 is 0. The summed E-state index contributed by atoms with van der Waals surface area (Å²) in [4.78, 5) is 0. The Hall–Kier alpha value is -0.0862. The van der Waals surface area contributed by atoms with Gasteiger partial charge in [0.2, 0.25) is 0 Å². The highest BCUT2D eigenvalue weighted by Gasteiger charge is 2.32. The van der Waals surface area contributed by atoms with Crippen LogP contribution in [0.5, 0.6) is 0 Å². The fraction of sp³-hybridized carbons (Fsp3) is 0.778. The lowest BCUT2D eigenvalue weighted by Crippen LogP contribution is -2.33. The Labute approximate surface area is 129 Å². The van der Waals surface area contributed by atoms with Crippen molar-refractivity contribution in [3.63, 3.8) is 0 Å². The lowest BCUT2D eigenvalue weighted by Gasteiger charge is -2.36. The summed E-state index contributed by atoms with van der Waals surface area (Å²) in [6.07, 6.45) is 2.66. The van der Waals surface area contributed by atoms with E-state index in [0.717, 1.165) is 11.8 Å². The van der Waals surface area contributed by atoms with Crippen molar-refractivity contribution in [2.75, 3.05) is 0 Å². The maximum atomic E-state index is 2.52. The van der Waals surface area contributed by atoms with Gasteiger partial charge in [0.1, 0.15) is 0 Å². The second kappa shape index (κ2) is 5.96. The molecule has 0 fully saturated rings. The molecule has 1 aliphatic rings. The summed E-state index contributed by atoms with van der Waals surface area (Å²) in [5.74, 6) is 1.65. The number of allylic oxidation sites excluding steroid dienone is 4. The summed E-state index contributed by atoms with van der Waals surface area (Å²) >= 11 is 0.